The lowest BCUT2D eigenvalue weighted by molar-refractivity contribution is -0.0768. The molecule has 9 nitrogen and oxygen atoms in total. The molecule has 0 spiro atoms. The molecular formula is C19H24N4O5S. The van der Waals surface area contributed by atoms with Gasteiger partial charge in [-0.1, -0.05) is 5.16 Å². The number of hydrogen-bond donors (Lipinski definition) is 1. The third kappa shape index (κ3) is 4.08. The maximum atomic E-state index is 12.8. The van der Waals surface area contributed by atoms with Gasteiger partial charge in [0.05, 0.1) is 25.0 Å². The van der Waals surface area contributed by atoms with Gasteiger partial charge in [-0.05, 0) is 49.9 Å². The Morgan fingerprint density at radius 3 is 2.79 bits per heavy atom. The molecule has 156 valence electrons. The van der Waals surface area contributed by atoms with E-state index in [1.807, 2.05) is 25.3 Å². The molecule has 0 amide bonds. The van der Waals surface area contributed by atoms with Gasteiger partial charge in [0.15, 0.2) is 11.4 Å². The molecule has 1 fully saturated rings. The van der Waals surface area contributed by atoms with Crippen LogP contribution in [0.5, 0.6) is 5.75 Å². The molecule has 0 saturated heterocycles. The van der Waals surface area contributed by atoms with Crippen molar-refractivity contribution in [2.24, 2.45) is 0 Å². The summed E-state index contributed by atoms with van der Waals surface area (Å²) in [7, 11) is -2.16. The topological polar surface area (TPSA) is 108 Å². The summed E-state index contributed by atoms with van der Waals surface area (Å²) >= 11 is 0. The van der Waals surface area contributed by atoms with Gasteiger partial charge in [0.1, 0.15) is 11.1 Å². The number of benzene rings is 1. The summed E-state index contributed by atoms with van der Waals surface area (Å²) in [6, 6.07) is 5.47. The largest absolute Gasteiger partial charge is 0.496 e. The van der Waals surface area contributed by atoms with Gasteiger partial charge < -0.3 is 14.0 Å². The smallest absolute Gasteiger partial charge is 0.236 e. The quantitative estimate of drug-likeness (QED) is 0.567. The lowest BCUT2D eigenvalue weighted by atomic mass is 9.82. The van der Waals surface area contributed by atoms with E-state index in [9.17, 15) is 8.42 Å². The zero-order valence-corrected chi connectivity index (χ0v) is 17.2. The highest BCUT2D eigenvalue weighted by Crippen LogP contribution is 2.38. The number of ether oxygens (including phenoxy) is 2. The average Bonchev–Trinajstić information content (AvgIpc) is 3.29. The molecule has 4 rings (SSSR count). The molecule has 1 aromatic carbocycles. The van der Waals surface area contributed by atoms with Crippen molar-refractivity contribution < 1.29 is 22.4 Å². The summed E-state index contributed by atoms with van der Waals surface area (Å²) in [4.78, 5) is 0. The third-order valence-corrected chi connectivity index (χ3v) is 6.55. The minimum absolute atomic E-state index is 0.109. The highest BCUT2D eigenvalue weighted by atomic mass is 32.2. The molecule has 3 aromatic rings. The predicted molar refractivity (Wildman–Crippen MR) is 108 cm³/mol. The molecule has 2 aromatic heterocycles. The van der Waals surface area contributed by atoms with E-state index in [2.05, 4.69) is 15.0 Å². The SMILES string of the molecule is CCOC1(CS(=O)(=O)Nc2noc3cc(Cn4cccn4)cc(OC)c23)CCC1. The fourth-order valence-corrected chi connectivity index (χ4v) is 5.30. The minimum atomic E-state index is -3.68. The molecule has 1 saturated carbocycles. The Morgan fingerprint density at radius 1 is 1.34 bits per heavy atom. The zero-order chi connectivity index (χ0) is 20.5. The van der Waals surface area contributed by atoms with Crippen LogP contribution < -0.4 is 9.46 Å². The molecule has 1 aliphatic carbocycles. The number of rotatable bonds is 9. The molecule has 2 heterocycles. The average molecular weight is 420 g/mol. The van der Waals surface area contributed by atoms with Gasteiger partial charge in [0.2, 0.25) is 10.0 Å². The third-order valence-electron chi connectivity index (χ3n) is 5.14. The lowest BCUT2D eigenvalue weighted by Crippen LogP contribution is -2.47. The molecule has 0 atom stereocenters. The van der Waals surface area contributed by atoms with E-state index >= 15 is 0 Å². The zero-order valence-electron chi connectivity index (χ0n) is 16.4. The first-order valence-corrected chi connectivity index (χ1v) is 11.2. The van der Waals surface area contributed by atoms with Crippen LogP contribution >= 0.6 is 0 Å². The normalized spacial score (nSPS) is 15.9. The molecule has 1 N–H and O–H groups in total. The number of sulfonamides is 1. The Labute approximate surface area is 169 Å². The maximum absolute atomic E-state index is 12.8. The number of nitrogens with one attached hydrogen (secondary N) is 1. The van der Waals surface area contributed by atoms with E-state index in [1.54, 1.807) is 16.9 Å². The molecule has 29 heavy (non-hydrogen) atoms. The minimum Gasteiger partial charge on any atom is -0.496 e. The van der Waals surface area contributed by atoms with Crippen molar-refractivity contribution in [3.63, 3.8) is 0 Å². The fraction of sp³-hybridized carbons (Fsp3) is 0.474. The highest BCUT2D eigenvalue weighted by molar-refractivity contribution is 7.92. The first-order chi connectivity index (χ1) is 13.9. The monoisotopic (exact) mass is 420 g/mol. The van der Waals surface area contributed by atoms with Crippen LogP contribution in [0.2, 0.25) is 0 Å². The second-order valence-corrected chi connectivity index (χ2v) is 8.96. The van der Waals surface area contributed by atoms with Crippen molar-refractivity contribution in [1.82, 2.24) is 14.9 Å². The second kappa shape index (κ2) is 7.68. The Bertz CT molecular complexity index is 1090. The van der Waals surface area contributed by atoms with Crippen LogP contribution in [-0.4, -0.2) is 48.4 Å². The van der Waals surface area contributed by atoms with E-state index in [1.165, 1.54) is 7.11 Å². The molecule has 0 aliphatic heterocycles. The number of aromatic nitrogens is 3. The van der Waals surface area contributed by atoms with Gasteiger partial charge in [0, 0.05) is 19.0 Å². The lowest BCUT2D eigenvalue weighted by Gasteiger charge is -2.40. The van der Waals surface area contributed by atoms with Crippen LogP contribution in [0.1, 0.15) is 31.7 Å². The summed E-state index contributed by atoms with van der Waals surface area (Å²) in [5, 5.41) is 8.61. The molecule has 0 unspecified atom stereocenters. The summed E-state index contributed by atoms with van der Waals surface area (Å²) in [5.74, 6) is 0.488. The van der Waals surface area contributed by atoms with E-state index in [0.717, 1.165) is 24.8 Å². The Morgan fingerprint density at radius 2 is 2.17 bits per heavy atom. The van der Waals surface area contributed by atoms with Crippen molar-refractivity contribution in [3.8, 4) is 5.75 Å². The molecule has 10 heteroatoms. The number of anilines is 1. The van der Waals surface area contributed by atoms with Crippen LogP contribution in [0.4, 0.5) is 5.82 Å². The second-order valence-electron chi connectivity index (χ2n) is 7.24. The van der Waals surface area contributed by atoms with E-state index in [4.69, 9.17) is 14.0 Å². The maximum Gasteiger partial charge on any atom is 0.236 e. The molecule has 0 radical (unpaired) electrons. The van der Waals surface area contributed by atoms with E-state index < -0.39 is 15.6 Å². The number of methoxy groups -OCH3 is 1. The van der Waals surface area contributed by atoms with Crippen LogP contribution in [-0.2, 0) is 21.3 Å². The number of fused-ring (bicyclic) bond motifs is 1. The van der Waals surface area contributed by atoms with E-state index in [0.29, 0.717) is 29.9 Å². The number of hydrogen-bond acceptors (Lipinski definition) is 7. The Hall–Kier alpha value is -2.59. The van der Waals surface area contributed by atoms with Crippen LogP contribution in [0, 0.1) is 0 Å². The summed E-state index contributed by atoms with van der Waals surface area (Å²) < 4.78 is 46.5. The number of nitrogens with zero attached hydrogens (tertiary/aromatic N) is 3. The molecule has 0 bridgehead atoms. The first-order valence-electron chi connectivity index (χ1n) is 9.52. The predicted octanol–water partition coefficient (Wildman–Crippen LogP) is 2.78. The fourth-order valence-electron chi connectivity index (χ4n) is 3.73. The van der Waals surface area contributed by atoms with E-state index in [-0.39, 0.29) is 11.6 Å². The van der Waals surface area contributed by atoms with Gasteiger partial charge in [-0.15, -0.1) is 0 Å². The van der Waals surface area contributed by atoms with Crippen molar-refractivity contribution in [2.45, 2.75) is 38.3 Å². The highest BCUT2D eigenvalue weighted by Gasteiger charge is 2.42. The van der Waals surface area contributed by atoms with Crippen molar-refractivity contribution in [1.29, 1.82) is 0 Å². The van der Waals surface area contributed by atoms with Crippen LogP contribution in [0.15, 0.2) is 35.1 Å². The standard InChI is InChI=1S/C19H24N4O5S/c1-3-27-19(6-4-7-19)13-29(24,25)22-18-17-15(26-2)10-14(11-16(17)28-21-18)12-23-9-5-8-20-23/h5,8-11H,3-4,6-7,12-13H2,1-2H3,(H,21,22). The molecular weight excluding hydrogens is 396 g/mol. The Kier molecular flexibility index (Phi) is 5.22. The van der Waals surface area contributed by atoms with Crippen molar-refractivity contribution in [3.05, 3.63) is 36.2 Å². The van der Waals surface area contributed by atoms with Crippen LogP contribution in [0.3, 0.4) is 0 Å². The van der Waals surface area contributed by atoms with Gasteiger partial charge >= 0.3 is 0 Å². The summed E-state index contributed by atoms with van der Waals surface area (Å²) in [6.07, 6.45) is 6.00. The van der Waals surface area contributed by atoms with Crippen molar-refractivity contribution >= 4 is 26.8 Å². The van der Waals surface area contributed by atoms with Gasteiger partial charge in [0.25, 0.3) is 0 Å². The van der Waals surface area contributed by atoms with Crippen molar-refractivity contribution in [2.75, 3.05) is 24.2 Å². The van der Waals surface area contributed by atoms with Gasteiger partial charge in [-0.3, -0.25) is 9.40 Å². The first kappa shape index (κ1) is 19.7. The van der Waals surface area contributed by atoms with Crippen LogP contribution in [0.25, 0.3) is 11.0 Å². The summed E-state index contributed by atoms with van der Waals surface area (Å²) in [6.45, 7) is 2.88. The van der Waals surface area contributed by atoms with Gasteiger partial charge in [-0.2, -0.15) is 5.10 Å². The molecule has 1 aliphatic rings. The Balaban J connectivity index is 1.61. The van der Waals surface area contributed by atoms with Gasteiger partial charge in [-0.25, -0.2) is 8.42 Å². The summed E-state index contributed by atoms with van der Waals surface area (Å²) in [5.41, 5.74) is 0.724.